The lowest BCUT2D eigenvalue weighted by Crippen LogP contribution is -2.37. The van der Waals surface area contributed by atoms with Crippen LogP contribution in [-0.2, 0) is 22.5 Å². The Morgan fingerprint density at radius 3 is 2.48 bits per heavy atom. The minimum Gasteiger partial charge on any atom is -0.378 e. The second-order valence-electron chi connectivity index (χ2n) is 5.67. The number of hydrogen-bond donors (Lipinski definition) is 1. The van der Waals surface area contributed by atoms with Crippen LogP contribution >= 0.6 is 0 Å². The van der Waals surface area contributed by atoms with Gasteiger partial charge in [0.1, 0.15) is 0 Å². The van der Waals surface area contributed by atoms with Crippen molar-refractivity contribution < 1.29 is 9.53 Å². The summed E-state index contributed by atoms with van der Waals surface area (Å²) in [5.74, 6) is 0.0491. The Morgan fingerprint density at radius 2 is 1.70 bits per heavy atom. The van der Waals surface area contributed by atoms with Crippen LogP contribution in [0.4, 0.5) is 5.69 Å². The smallest absolute Gasteiger partial charge is 0.224 e. The normalized spacial score (nSPS) is 14.5. The SMILES string of the molecule is O=C(Cc1ccccc1)NCc1ccccc1N1CCOCC1. The second kappa shape index (κ2) is 7.79. The number of para-hydroxylation sites is 1. The minimum absolute atomic E-state index is 0.0491. The van der Waals surface area contributed by atoms with Gasteiger partial charge in [-0.2, -0.15) is 0 Å². The van der Waals surface area contributed by atoms with Gasteiger partial charge in [-0.3, -0.25) is 4.79 Å². The molecule has 120 valence electrons. The molecule has 1 aliphatic rings. The number of nitrogens with zero attached hydrogens (tertiary/aromatic N) is 1. The molecular weight excluding hydrogens is 288 g/mol. The summed E-state index contributed by atoms with van der Waals surface area (Å²) in [5.41, 5.74) is 3.37. The number of carbonyl (C=O) groups is 1. The summed E-state index contributed by atoms with van der Waals surface area (Å²) in [4.78, 5) is 14.5. The van der Waals surface area contributed by atoms with Gasteiger partial charge in [0.25, 0.3) is 0 Å². The number of benzene rings is 2. The molecule has 4 heteroatoms. The molecular formula is C19H22N2O2. The lowest BCUT2D eigenvalue weighted by molar-refractivity contribution is -0.120. The Morgan fingerprint density at radius 1 is 1.00 bits per heavy atom. The summed E-state index contributed by atoms with van der Waals surface area (Å²) in [7, 11) is 0. The molecule has 0 aliphatic carbocycles. The van der Waals surface area contributed by atoms with Gasteiger partial charge < -0.3 is 15.0 Å². The third-order valence-corrected chi connectivity index (χ3v) is 4.03. The number of nitrogens with one attached hydrogen (secondary N) is 1. The topological polar surface area (TPSA) is 41.6 Å². The number of ether oxygens (including phenoxy) is 1. The fourth-order valence-corrected chi connectivity index (χ4v) is 2.81. The maximum absolute atomic E-state index is 12.1. The quantitative estimate of drug-likeness (QED) is 0.922. The molecule has 2 aromatic carbocycles. The van der Waals surface area contributed by atoms with Crippen molar-refractivity contribution in [3.05, 3.63) is 65.7 Å². The molecule has 0 unspecified atom stereocenters. The molecule has 0 aromatic heterocycles. The minimum atomic E-state index is 0.0491. The van der Waals surface area contributed by atoms with Crippen LogP contribution in [0.15, 0.2) is 54.6 Å². The van der Waals surface area contributed by atoms with Gasteiger partial charge in [0, 0.05) is 25.3 Å². The van der Waals surface area contributed by atoms with E-state index in [0.29, 0.717) is 13.0 Å². The number of amides is 1. The Labute approximate surface area is 137 Å². The third-order valence-electron chi connectivity index (χ3n) is 4.03. The van der Waals surface area contributed by atoms with Crippen LogP contribution in [0.5, 0.6) is 0 Å². The van der Waals surface area contributed by atoms with Crippen molar-refractivity contribution in [2.24, 2.45) is 0 Å². The Hall–Kier alpha value is -2.33. The van der Waals surface area contributed by atoms with Crippen molar-refractivity contribution in [1.29, 1.82) is 0 Å². The fraction of sp³-hybridized carbons (Fsp3) is 0.316. The molecule has 1 fully saturated rings. The first kappa shape index (κ1) is 15.6. The predicted octanol–water partition coefficient (Wildman–Crippen LogP) is 2.38. The van der Waals surface area contributed by atoms with Crippen molar-refractivity contribution in [1.82, 2.24) is 5.32 Å². The van der Waals surface area contributed by atoms with Crippen LogP contribution in [0.2, 0.25) is 0 Å². The van der Waals surface area contributed by atoms with Gasteiger partial charge in [0.05, 0.1) is 19.6 Å². The van der Waals surface area contributed by atoms with Crippen LogP contribution in [0.1, 0.15) is 11.1 Å². The van der Waals surface area contributed by atoms with Crippen LogP contribution < -0.4 is 10.2 Å². The molecule has 0 bridgehead atoms. The molecule has 1 N–H and O–H groups in total. The number of anilines is 1. The Kier molecular flexibility index (Phi) is 5.27. The zero-order valence-corrected chi connectivity index (χ0v) is 13.2. The van der Waals surface area contributed by atoms with E-state index in [1.165, 1.54) is 5.69 Å². The molecule has 4 nitrogen and oxygen atoms in total. The molecule has 23 heavy (non-hydrogen) atoms. The van der Waals surface area contributed by atoms with E-state index in [1.807, 2.05) is 42.5 Å². The van der Waals surface area contributed by atoms with E-state index in [9.17, 15) is 4.79 Å². The lowest BCUT2D eigenvalue weighted by Gasteiger charge is -2.30. The monoisotopic (exact) mass is 310 g/mol. The van der Waals surface area contributed by atoms with Gasteiger partial charge in [0.2, 0.25) is 5.91 Å². The predicted molar refractivity (Wildman–Crippen MR) is 91.5 cm³/mol. The van der Waals surface area contributed by atoms with Gasteiger partial charge >= 0.3 is 0 Å². The van der Waals surface area contributed by atoms with Crippen molar-refractivity contribution in [3.8, 4) is 0 Å². The molecule has 0 atom stereocenters. The fourth-order valence-electron chi connectivity index (χ4n) is 2.81. The molecule has 0 saturated carbocycles. The van der Waals surface area contributed by atoms with Crippen molar-refractivity contribution in [2.45, 2.75) is 13.0 Å². The molecule has 0 radical (unpaired) electrons. The summed E-state index contributed by atoms with van der Waals surface area (Å²) < 4.78 is 5.41. The highest BCUT2D eigenvalue weighted by Crippen LogP contribution is 2.21. The lowest BCUT2D eigenvalue weighted by atomic mass is 10.1. The molecule has 1 heterocycles. The van der Waals surface area contributed by atoms with E-state index < -0.39 is 0 Å². The van der Waals surface area contributed by atoms with Crippen molar-refractivity contribution in [2.75, 3.05) is 31.2 Å². The van der Waals surface area contributed by atoms with E-state index in [1.54, 1.807) is 0 Å². The van der Waals surface area contributed by atoms with Gasteiger partial charge in [-0.25, -0.2) is 0 Å². The van der Waals surface area contributed by atoms with E-state index in [2.05, 4.69) is 22.3 Å². The largest absolute Gasteiger partial charge is 0.378 e. The Balaban J connectivity index is 1.60. The van der Waals surface area contributed by atoms with Crippen LogP contribution in [-0.4, -0.2) is 32.2 Å². The van der Waals surface area contributed by atoms with Crippen LogP contribution in [0.3, 0.4) is 0 Å². The highest BCUT2D eigenvalue weighted by Gasteiger charge is 2.14. The van der Waals surface area contributed by atoms with E-state index in [-0.39, 0.29) is 5.91 Å². The molecule has 1 amide bonds. The second-order valence-corrected chi connectivity index (χ2v) is 5.67. The van der Waals surface area contributed by atoms with Crippen LogP contribution in [0, 0.1) is 0 Å². The summed E-state index contributed by atoms with van der Waals surface area (Å²) >= 11 is 0. The average Bonchev–Trinajstić information content (AvgIpc) is 2.62. The first-order valence-corrected chi connectivity index (χ1v) is 8.04. The van der Waals surface area contributed by atoms with E-state index >= 15 is 0 Å². The van der Waals surface area contributed by atoms with Gasteiger partial charge in [-0.15, -0.1) is 0 Å². The summed E-state index contributed by atoms with van der Waals surface area (Å²) in [6.45, 7) is 3.87. The zero-order chi connectivity index (χ0) is 15.9. The maximum atomic E-state index is 12.1. The molecule has 2 aromatic rings. The Bertz CT molecular complexity index is 637. The third kappa shape index (κ3) is 4.33. The van der Waals surface area contributed by atoms with E-state index in [4.69, 9.17) is 4.74 Å². The molecule has 0 spiro atoms. The first-order chi connectivity index (χ1) is 11.3. The maximum Gasteiger partial charge on any atom is 0.224 e. The average molecular weight is 310 g/mol. The van der Waals surface area contributed by atoms with Gasteiger partial charge in [-0.05, 0) is 17.2 Å². The van der Waals surface area contributed by atoms with E-state index in [0.717, 1.165) is 37.4 Å². The first-order valence-electron chi connectivity index (χ1n) is 8.04. The highest BCUT2D eigenvalue weighted by molar-refractivity contribution is 5.78. The van der Waals surface area contributed by atoms with Gasteiger partial charge in [0.15, 0.2) is 0 Å². The van der Waals surface area contributed by atoms with Crippen LogP contribution in [0.25, 0.3) is 0 Å². The number of rotatable bonds is 5. The highest BCUT2D eigenvalue weighted by atomic mass is 16.5. The number of carbonyl (C=O) groups excluding carboxylic acids is 1. The summed E-state index contributed by atoms with van der Waals surface area (Å²) in [5, 5.41) is 3.03. The summed E-state index contributed by atoms with van der Waals surface area (Å²) in [6.07, 6.45) is 0.417. The molecule has 1 saturated heterocycles. The molecule has 3 rings (SSSR count). The molecule has 1 aliphatic heterocycles. The zero-order valence-electron chi connectivity index (χ0n) is 13.2. The number of morpholine rings is 1. The van der Waals surface area contributed by atoms with Crippen molar-refractivity contribution >= 4 is 11.6 Å². The summed E-state index contributed by atoms with van der Waals surface area (Å²) in [6, 6.07) is 18.1. The standard InChI is InChI=1S/C19H22N2O2/c22-19(14-16-6-2-1-3-7-16)20-15-17-8-4-5-9-18(17)21-10-12-23-13-11-21/h1-9H,10-15H2,(H,20,22). The number of hydrogen-bond acceptors (Lipinski definition) is 3. The van der Waals surface area contributed by atoms with Crippen molar-refractivity contribution in [3.63, 3.8) is 0 Å². The van der Waals surface area contributed by atoms with Gasteiger partial charge in [-0.1, -0.05) is 48.5 Å².